The van der Waals surface area contributed by atoms with Crippen molar-refractivity contribution in [3.05, 3.63) is 34.9 Å². The quantitative estimate of drug-likeness (QED) is 0.729. The summed E-state index contributed by atoms with van der Waals surface area (Å²) in [6, 6.07) is 5.22. The predicted octanol–water partition coefficient (Wildman–Crippen LogP) is 0.497. The van der Waals surface area contributed by atoms with Gasteiger partial charge in [-0.15, -0.1) is 0 Å². The first kappa shape index (κ1) is 14.5. The number of carboxylic acids is 1. The van der Waals surface area contributed by atoms with Crippen LogP contribution in [0.3, 0.4) is 0 Å². The molecule has 1 atom stereocenters. The molecule has 1 aliphatic heterocycles. The maximum Gasteiger partial charge on any atom is 0.329 e. The van der Waals surface area contributed by atoms with Crippen LogP contribution in [-0.2, 0) is 16.0 Å². The van der Waals surface area contributed by atoms with E-state index in [0.717, 1.165) is 18.4 Å². The molecule has 1 aromatic rings. The van der Waals surface area contributed by atoms with E-state index in [9.17, 15) is 14.7 Å². The van der Waals surface area contributed by atoms with Gasteiger partial charge in [-0.2, -0.15) is 0 Å². The van der Waals surface area contributed by atoms with Crippen LogP contribution in [0, 0.1) is 0 Å². The number of carboxylic acid groups (broad SMARTS) is 1. The van der Waals surface area contributed by atoms with Crippen molar-refractivity contribution in [2.75, 3.05) is 19.8 Å². The molecule has 1 heterocycles. The molecule has 20 heavy (non-hydrogen) atoms. The van der Waals surface area contributed by atoms with E-state index in [-0.39, 0.29) is 12.5 Å². The summed E-state index contributed by atoms with van der Waals surface area (Å²) in [5, 5.41) is 21.2. The second-order valence-corrected chi connectivity index (χ2v) is 4.70. The zero-order chi connectivity index (χ0) is 14.5. The highest BCUT2D eigenvalue weighted by Gasteiger charge is 2.17. The summed E-state index contributed by atoms with van der Waals surface area (Å²) < 4.78 is 4.86. The Morgan fingerprint density at radius 2 is 2.25 bits per heavy atom. The lowest BCUT2D eigenvalue weighted by atomic mass is 9.98. The van der Waals surface area contributed by atoms with Gasteiger partial charge in [0.25, 0.3) is 5.91 Å². The number of ether oxygens (including phenoxy) is 1. The lowest BCUT2D eigenvalue weighted by Crippen LogP contribution is -2.23. The number of nitrogens with one attached hydrogen (secondary N) is 1. The molecule has 0 saturated heterocycles. The van der Waals surface area contributed by atoms with Crippen LogP contribution < -0.4 is 5.32 Å². The molecule has 0 aliphatic carbocycles. The Morgan fingerprint density at radius 3 is 3.00 bits per heavy atom. The first-order valence-electron chi connectivity index (χ1n) is 6.46. The third-order valence-corrected chi connectivity index (χ3v) is 3.17. The molecule has 0 saturated carbocycles. The Hall–Kier alpha value is -1.92. The van der Waals surface area contributed by atoms with Gasteiger partial charge < -0.3 is 20.3 Å². The highest BCUT2D eigenvalue weighted by Crippen LogP contribution is 2.21. The van der Waals surface area contributed by atoms with Crippen LogP contribution >= 0.6 is 0 Å². The predicted molar refractivity (Wildman–Crippen MR) is 70.5 cm³/mol. The Morgan fingerprint density at radius 1 is 1.45 bits per heavy atom. The van der Waals surface area contributed by atoms with E-state index in [4.69, 9.17) is 9.84 Å². The molecule has 0 spiro atoms. The summed E-state index contributed by atoms with van der Waals surface area (Å²) in [5.41, 5.74) is 2.07. The summed E-state index contributed by atoms with van der Waals surface area (Å²) >= 11 is 0. The molecule has 3 N–H and O–H groups in total. The number of amides is 1. The SMILES string of the molecule is O=C(O)COCC(O)c1ccc2c(c1)C(=O)NCCC2. The first-order chi connectivity index (χ1) is 9.58. The van der Waals surface area contributed by atoms with Crippen molar-refractivity contribution >= 4 is 11.9 Å². The summed E-state index contributed by atoms with van der Waals surface area (Å²) in [7, 11) is 0. The average molecular weight is 279 g/mol. The topological polar surface area (TPSA) is 95.9 Å². The number of carbonyl (C=O) groups excluding carboxylic acids is 1. The second-order valence-electron chi connectivity index (χ2n) is 4.70. The molecule has 0 radical (unpaired) electrons. The van der Waals surface area contributed by atoms with Gasteiger partial charge in [0.2, 0.25) is 0 Å². The zero-order valence-corrected chi connectivity index (χ0v) is 11.0. The summed E-state index contributed by atoms with van der Waals surface area (Å²) in [5.74, 6) is -1.23. The van der Waals surface area contributed by atoms with Crippen LogP contribution in [0.15, 0.2) is 18.2 Å². The number of fused-ring (bicyclic) bond motifs is 1. The van der Waals surface area contributed by atoms with Crippen LogP contribution in [0.1, 0.15) is 34.0 Å². The molecular weight excluding hydrogens is 262 g/mol. The van der Waals surface area contributed by atoms with Gasteiger partial charge in [-0.1, -0.05) is 12.1 Å². The number of hydrogen-bond acceptors (Lipinski definition) is 4. The van der Waals surface area contributed by atoms with Crippen LogP contribution in [0.4, 0.5) is 0 Å². The van der Waals surface area contributed by atoms with Crippen molar-refractivity contribution in [2.24, 2.45) is 0 Å². The summed E-state index contributed by atoms with van der Waals surface area (Å²) in [6.45, 7) is 0.0717. The third kappa shape index (κ3) is 3.55. The lowest BCUT2D eigenvalue weighted by molar-refractivity contribution is -0.143. The molecule has 0 bridgehead atoms. The molecule has 2 rings (SSSR count). The Labute approximate surface area is 116 Å². The van der Waals surface area contributed by atoms with Crippen molar-refractivity contribution in [3.63, 3.8) is 0 Å². The fourth-order valence-corrected chi connectivity index (χ4v) is 2.16. The van der Waals surface area contributed by atoms with E-state index in [2.05, 4.69) is 5.32 Å². The average Bonchev–Trinajstić information content (AvgIpc) is 2.60. The third-order valence-electron chi connectivity index (χ3n) is 3.17. The summed E-state index contributed by atoms with van der Waals surface area (Å²) in [4.78, 5) is 22.2. The molecule has 6 heteroatoms. The van der Waals surface area contributed by atoms with E-state index in [0.29, 0.717) is 17.7 Å². The molecule has 1 aliphatic rings. The Bertz CT molecular complexity index is 514. The van der Waals surface area contributed by atoms with Gasteiger partial charge in [-0.05, 0) is 30.0 Å². The van der Waals surface area contributed by atoms with Gasteiger partial charge in [-0.25, -0.2) is 4.79 Å². The monoisotopic (exact) mass is 279 g/mol. The van der Waals surface area contributed by atoms with Gasteiger partial charge in [0.05, 0.1) is 6.61 Å². The molecule has 0 fully saturated rings. The van der Waals surface area contributed by atoms with E-state index in [1.54, 1.807) is 12.1 Å². The molecule has 1 unspecified atom stereocenters. The molecule has 6 nitrogen and oxygen atoms in total. The Kier molecular flexibility index (Phi) is 4.70. The van der Waals surface area contributed by atoms with Gasteiger partial charge in [-0.3, -0.25) is 4.79 Å². The number of aliphatic hydroxyl groups excluding tert-OH is 1. The normalized spacial score (nSPS) is 15.9. The van der Waals surface area contributed by atoms with Crippen molar-refractivity contribution in [1.29, 1.82) is 0 Å². The zero-order valence-electron chi connectivity index (χ0n) is 11.0. The van der Waals surface area contributed by atoms with Crippen LogP contribution in [-0.4, -0.2) is 41.8 Å². The van der Waals surface area contributed by atoms with Crippen molar-refractivity contribution in [3.8, 4) is 0 Å². The number of rotatable bonds is 5. The molecule has 1 aromatic carbocycles. The maximum absolute atomic E-state index is 11.9. The number of hydrogen-bond donors (Lipinski definition) is 3. The molecular formula is C14H17NO5. The van der Waals surface area contributed by atoms with Crippen LogP contribution in [0.5, 0.6) is 0 Å². The number of aryl methyl sites for hydroxylation is 1. The van der Waals surface area contributed by atoms with Crippen LogP contribution in [0.2, 0.25) is 0 Å². The van der Waals surface area contributed by atoms with E-state index >= 15 is 0 Å². The van der Waals surface area contributed by atoms with Gasteiger partial charge >= 0.3 is 5.97 Å². The first-order valence-corrected chi connectivity index (χ1v) is 6.46. The molecule has 1 amide bonds. The highest BCUT2D eigenvalue weighted by atomic mass is 16.5. The second kappa shape index (κ2) is 6.49. The van der Waals surface area contributed by atoms with Gasteiger partial charge in [0.15, 0.2) is 0 Å². The maximum atomic E-state index is 11.9. The minimum atomic E-state index is -1.08. The van der Waals surface area contributed by atoms with E-state index in [1.165, 1.54) is 0 Å². The fraction of sp³-hybridized carbons (Fsp3) is 0.429. The largest absolute Gasteiger partial charge is 0.480 e. The summed E-state index contributed by atoms with van der Waals surface area (Å²) in [6.07, 6.45) is 0.762. The Balaban J connectivity index is 2.09. The standard InChI is InChI=1S/C14H17NO5/c16-12(7-20-8-13(17)18)10-4-3-9-2-1-5-15-14(19)11(9)6-10/h3-4,6,12,16H,1-2,5,7-8H2,(H,15,19)(H,17,18). The molecule has 0 aromatic heterocycles. The van der Waals surface area contributed by atoms with Crippen molar-refractivity contribution in [1.82, 2.24) is 5.32 Å². The number of benzene rings is 1. The smallest absolute Gasteiger partial charge is 0.329 e. The number of aliphatic carboxylic acids is 1. The van der Waals surface area contributed by atoms with E-state index < -0.39 is 18.7 Å². The van der Waals surface area contributed by atoms with Crippen molar-refractivity contribution < 1.29 is 24.5 Å². The fourth-order valence-electron chi connectivity index (χ4n) is 2.16. The van der Waals surface area contributed by atoms with Crippen LogP contribution in [0.25, 0.3) is 0 Å². The number of aliphatic hydroxyl groups is 1. The molecule has 108 valence electrons. The lowest BCUT2D eigenvalue weighted by Gasteiger charge is -2.13. The van der Waals surface area contributed by atoms with Gasteiger partial charge in [0, 0.05) is 12.1 Å². The minimum Gasteiger partial charge on any atom is -0.480 e. The van der Waals surface area contributed by atoms with E-state index in [1.807, 2.05) is 6.07 Å². The van der Waals surface area contributed by atoms with Crippen molar-refractivity contribution in [2.45, 2.75) is 18.9 Å². The van der Waals surface area contributed by atoms with Gasteiger partial charge in [0.1, 0.15) is 12.7 Å². The number of carbonyl (C=O) groups is 2. The highest BCUT2D eigenvalue weighted by molar-refractivity contribution is 5.96. The minimum absolute atomic E-state index is 0.118.